The van der Waals surface area contributed by atoms with Crippen molar-refractivity contribution in [2.24, 2.45) is 5.16 Å². The van der Waals surface area contributed by atoms with Gasteiger partial charge in [0.05, 0.1) is 12.7 Å². The number of thioether (sulfide) groups is 1. The van der Waals surface area contributed by atoms with E-state index in [1.807, 2.05) is 36.4 Å². The molecule has 19 heavy (non-hydrogen) atoms. The molecule has 2 rings (SSSR count). The van der Waals surface area contributed by atoms with E-state index >= 15 is 0 Å². The summed E-state index contributed by atoms with van der Waals surface area (Å²) in [5.74, 6) is 0.678. The molecule has 0 atom stereocenters. The number of rotatable bonds is 3. The molecule has 1 aliphatic heterocycles. The molecule has 5 heteroatoms. The molecule has 0 radical (unpaired) electrons. The SMILES string of the molecule is CON=C1C=CC(=C(C#N)c2ccccc2OC)S1. The van der Waals surface area contributed by atoms with Crippen molar-refractivity contribution in [3.05, 3.63) is 46.9 Å². The Kier molecular flexibility index (Phi) is 4.26. The first-order valence-electron chi connectivity index (χ1n) is 5.55. The predicted molar refractivity (Wildman–Crippen MR) is 76.7 cm³/mol. The van der Waals surface area contributed by atoms with Crippen LogP contribution < -0.4 is 4.74 Å². The van der Waals surface area contributed by atoms with E-state index < -0.39 is 0 Å². The van der Waals surface area contributed by atoms with Gasteiger partial charge in [0.25, 0.3) is 0 Å². The third-order valence-corrected chi connectivity index (χ3v) is 3.49. The van der Waals surface area contributed by atoms with Gasteiger partial charge in [-0.1, -0.05) is 29.1 Å². The molecule has 0 aromatic heterocycles. The number of benzene rings is 1. The Labute approximate surface area is 116 Å². The van der Waals surface area contributed by atoms with E-state index in [-0.39, 0.29) is 0 Å². The molecule has 0 N–H and O–H groups in total. The number of para-hydroxylation sites is 1. The Morgan fingerprint density at radius 2 is 2.05 bits per heavy atom. The summed E-state index contributed by atoms with van der Waals surface area (Å²) in [6, 6.07) is 9.68. The molecule has 0 saturated heterocycles. The summed E-state index contributed by atoms with van der Waals surface area (Å²) in [4.78, 5) is 5.56. The minimum Gasteiger partial charge on any atom is -0.496 e. The molecule has 96 valence electrons. The van der Waals surface area contributed by atoms with Crippen LogP contribution in [0, 0.1) is 11.3 Å². The first-order valence-corrected chi connectivity index (χ1v) is 6.36. The number of nitriles is 1. The highest BCUT2D eigenvalue weighted by Gasteiger charge is 2.17. The molecule has 0 fully saturated rings. The van der Waals surface area contributed by atoms with Gasteiger partial charge in [0, 0.05) is 10.5 Å². The first kappa shape index (κ1) is 13.2. The minimum absolute atomic E-state index is 0.569. The van der Waals surface area contributed by atoms with Crippen molar-refractivity contribution < 1.29 is 9.57 Å². The summed E-state index contributed by atoms with van der Waals surface area (Å²) in [6.45, 7) is 0. The van der Waals surface area contributed by atoms with Crippen molar-refractivity contribution in [1.82, 2.24) is 0 Å². The second kappa shape index (κ2) is 6.12. The molecule has 0 unspecified atom stereocenters. The van der Waals surface area contributed by atoms with Crippen LogP contribution in [-0.4, -0.2) is 19.3 Å². The quantitative estimate of drug-likeness (QED) is 0.626. The van der Waals surface area contributed by atoms with E-state index in [4.69, 9.17) is 9.57 Å². The topological polar surface area (TPSA) is 54.6 Å². The number of allylic oxidation sites excluding steroid dienone is 2. The lowest BCUT2D eigenvalue weighted by molar-refractivity contribution is 0.215. The molecule has 1 aromatic rings. The fraction of sp³-hybridized carbons (Fsp3) is 0.143. The lowest BCUT2D eigenvalue weighted by atomic mass is 10.1. The van der Waals surface area contributed by atoms with Gasteiger partial charge in [0.1, 0.15) is 24.0 Å². The average Bonchev–Trinajstić information content (AvgIpc) is 2.89. The van der Waals surface area contributed by atoms with E-state index in [2.05, 4.69) is 11.2 Å². The molecule has 1 heterocycles. The van der Waals surface area contributed by atoms with Crippen LogP contribution in [-0.2, 0) is 4.84 Å². The van der Waals surface area contributed by atoms with Crippen LogP contribution in [0.3, 0.4) is 0 Å². The Bertz CT molecular complexity index is 612. The van der Waals surface area contributed by atoms with Crippen LogP contribution in [0.2, 0.25) is 0 Å². The Morgan fingerprint density at radius 1 is 1.26 bits per heavy atom. The predicted octanol–water partition coefficient (Wildman–Crippen LogP) is 3.19. The van der Waals surface area contributed by atoms with Crippen LogP contribution in [0.15, 0.2) is 46.5 Å². The van der Waals surface area contributed by atoms with Crippen LogP contribution in [0.5, 0.6) is 5.75 Å². The van der Waals surface area contributed by atoms with Gasteiger partial charge in [-0.15, -0.1) is 0 Å². The maximum Gasteiger partial charge on any atom is 0.140 e. The molecule has 0 saturated carbocycles. The molecular formula is C14H12N2O2S. The second-order valence-corrected chi connectivity index (χ2v) is 4.66. The van der Waals surface area contributed by atoms with Crippen molar-refractivity contribution in [3.8, 4) is 11.8 Å². The molecule has 1 aromatic carbocycles. The fourth-order valence-electron chi connectivity index (χ4n) is 1.70. The number of oxime groups is 1. The van der Waals surface area contributed by atoms with E-state index in [0.717, 1.165) is 15.5 Å². The fourth-order valence-corrected chi connectivity index (χ4v) is 2.57. The molecular weight excluding hydrogens is 260 g/mol. The molecule has 0 amide bonds. The van der Waals surface area contributed by atoms with Crippen molar-refractivity contribution in [3.63, 3.8) is 0 Å². The average molecular weight is 272 g/mol. The second-order valence-electron chi connectivity index (χ2n) is 3.60. The molecule has 4 nitrogen and oxygen atoms in total. The van der Waals surface area contributed by atoms with Crippen LogP contribution in [0.1, 0.15) is 5.56 Å². The highest BCUT2D eigenvalue weighted by atomic mass is 32.2. The van der Waals surface area contributed by atoms with Crippen LogP contribution >= 0.6 is 11.8 Å². The Hall–Kier alpha value is -2.19. The lowest BCUT2D eigenvalue weighted by Gasteiger charge is -2.08. The number of nitrogens with zero attached hydrogens (tertiary/aromatic N) is 2. The third-order valence-electron chi connectivity index (χ3n) is 2.51. The number of hydrogen-bond donors (Lipinski definition) is 0. The van der Waals surface area contributed by atoms with Gasteiger partial charge in [-0.3, -0.25) is 0 Å². The summed E-state index contributed by atoms with van der Waals surface area (Å²) >= 11 is 1.40. The van der Waals surface area contributed by atoms with Crippen molar-refractivity contribution in [2.45, 2.75) is 0 Å². The van der Waals surface area contributed by atoms with Crippen molar-refractivity contribution in [1.29, 1.82) is 5.26 Å². The van der Waals surface area contributed by atoms with Gasteiger partial charge in [0.15, 0.2) is 0 Å². The summed E-state index contributed by atoms with van der Waals surface area (Å²) in [5, 5.41) is 14.0. The summed E-state index contributed by atoms with van der Waals surface area (Å²) < 4.78 is 5.29. The van der Waals surface area contributed by atoms with Gasteiger partial charge >= 0.3 is 0 Å². The van der Waals surface area contributed by atoms with E-state index in [0.29, 0.717) is 11.3 Å². The van der Waals surface area contributed by atoms with Crippen molar-refractivity contribution in [2.75, 3.05) is 14.2 Å². The van der Waals surface area contributed by atoms with Gasteiger partial charge in [-0.05, 0) is 24.3 Å². The third kappa shape index (κ3) is 2.80. The Morgan fingerprint density at radius 3 is 2.74 bits per heavy atom. The molecule has 0 aliphatic carbocycles. The van der Waals surface area contributed by atoms with Gasteiger partial charge < -0.3 is 9.57 Å². The molecule has 0 bridgehead atoms. The zero-order chi connectivity index (χ0) is 13.7. The summed E-state index contributed by atoms with van der Waals surface area (Å²) in [7, 11) is 3.09. The zero-order valence-electron chi connectivity index (χ0n) is 10.6. The number of ether oxygens (including phenoxy) is 1. The lowest BCUT2D eigenvalue weighted by Crippen LogP contribution is -1.91. The van der Waals surface area contributed by atoms with Gasteiger partial charge in [-0.2, -0.15) is 5.26 Å². The zero-order valence-corrected chi connectivity index (χ0v) is 11.4. The molecule has 0 spiro atoms. The van der Waals surface area contributed by atoms with Crippen LogP contribution in [0.25, 0.3) is 5.57 Å². The Balaban J connectivity index is 2.45. The van der Waals surface area contributed by atoms with Gasteiger partial charge in [0.2, 0.25) is 0 Å². The van der Waals surface area contributed by atoms with E-state index in [9.17, 15) is 5.26 Å². The highest BCUT2D eigenvalue weighted by molar-refractivity contribution is 8.18. The largest absolute Gasteiger partial charge is 0.496 e. The maximum absolute atomic E-state index is 9.39. The smallest absolute Gasteiger partial charge is 0.140 e. The number of methoxy groups -OCH3 is 1. The normalized spacial score (nSPS) is 18.3. The molecule has 1 aliphatic rings. The standard InChI is InChI=1S/C14H12N2O2S/c1-17-12-6-4-3-5-10(12)11(9-15)13-7-8-14(19-13)16-18-2/h3-8H,1-2H3. The maximum atomic E-state index is 9.39. The number of hydrogen-bond acceptors (Lipinski definition) is 5. The van der Waals surface area contributed by atoms with Gasteiger partial charge in [-0.25, -0.2) is 0 Å². The summed E-state index contributed by atoms with van der Waals surface area (Å²) in [5.41, 5.74) is 1.35. The van der Waals surface area contributed by atoms with E-state index in [1.54, 1.807) is 7.11 Å². The highest BCUT2D eigenvalue weighted by Crippen LogP contribution is 2.36. The minimum atomic E-state index is 0.569. The monoisotopic (exact) mass is 272 g/mol. The van der Waals surface area contributed by atoms with Crippen molar-refractivity contribution >= 4 is 22.4 Å². The van der Waals surface area contributed by atoms with E-state index in [1.165, 1.54) is 18.9 Å². The summed E-state index contributed by atoms with van der Waals surface area (Å²) in [6.07, 6.45) is 3.67. The van der Waals surface area contributed by atoms with Crippen LogP contribution in [0.4, 0.5) is 0 Å². The first-order chi connectivity index (χ1) is 9.30.